The molecule has 3 heteroatoms. The van der Waals surface area contributed by atoms with Crippen LogP contribution in [0, 0.1) is 0 Å². The smallest absolute Gasteiger partial charge is 0.119 e. The summed E-state index contributed by atoms with van der Waals surface area (Å²) in [6, 6.07) is 28.6. The van der Waals surface area contributed by atoms with Crippen LogP contribution in [0.1, 0.15) is 37.0 Å². The molecular formula is C27H30ClNO. The van der Waals surface area contributed by atoms with Gasteiger partial charge in [0.25, 0.3) is 0 Å². The second-order valence-corrected chi connectivity index (χ2v) is 7.55. The lowest BCUT2D eigenvalue weighted by molar-refractivity contribution is 0.249. The summed E-state index contributed by atoms with van der Waals surface area (Å²) in [4.78, 5) is 2.41. The topological polar surface area (TPSA) is 12.5 Å². The van der Waals surface area contributed by atoms with Crippen LogP contribution in [0.5, 0.6) is 5.75 Å². The minimum atomic E-state index is 0.724. The van der Waals surface area contributed by atoms with E-state index in [0.717, 1.165) is 65.7 Å². The van der Waals surface area contributed by atoms with Crippen molar-refractivity contribution in [1.29, 1.82) is 0 Å². The first-order valence-electron chi connectivity index (χ1n) is 10.7. The van der Waals surface area contributed by atoms with E-state index in [9.17, 15) is 0 Å². The fourth-order valence-electron chi connectivity index (χ4n) is 3.49. The van der Waals surface area contributed by atoms with Crippen molar-refractivity contribution in [3.05, 3.63) is 102 Å². The van der Waals surface area contributed by atoms with E-state index in [2.05, 4.69) is 43.0 Å². The molecule has 0 bridgehead atoms. The van der Waals surface area contributed by atoms with Gasteiger partial charge >= 0.3 is 0 Å². The summed E-state index contributed by atoms with van der Waals surface area (Å²) < 4.78 is 5.96. The van der Waals surface area contributed by atoms with Crippen LogP contribution in [0.15, 0.2) is 84.9 Å². The fourth-order valence-corrected chi connectivity index (χ4v) is 3.83. The number of ether oxygens (including phenoxy) is 1. The molecule has 0 radical (unpaired) electrons. The van der Waals surface area contributed by atoms with Crippen LogP contribution in [-0.4, -0.2) is 31.1 Å². The SMILES string of the molecule is CCN(CC)CCCOc1ccc(/C(=C(\Cl)c2ccccc2)c2ccccc2)cc1. The molecule has 0 fully saturated rings. The van der Waals surface area contributed by atoms with Crippen LogP contribution in [0.25, 0.3) is 10.6 Å². The van der Waals surface area contributed by atoms with Crippen LogP contribution in [0.4, 0.5) is 0 Å². The molecule has 0 unspecified atom stereocenters. The van der Waals surface area contributed by atoms with Crippen molar-refractivity contribution in [2.75, 3.05) is 26.2 Å². The number of rotatable bonds is 10. The zero-order valence-electron chi connectivity index (χ0n) is 17.9. The highest BCUT2D eigenvalue weighted by molar-refractivity contribution is 6.53. The first-order chi connectivity index (χ1) is 14.7. The van der Waals surface area contributed by atoms with E-state index in [1.165, 1.54) is 0 Å². The van der Waals surface area contributed by atoms with Crippen LogP contribution < -0.4 is 4.74 Å². The average Bonchev–Trinajstić information content (AvgIpc) is 2.81. The van der Waals surface area contributed by atoms with Gasteiger partial charge in [-0.15, -0.1) is 0 Å². The highest BCUT2D eigenvalue weighted by Crippen LogP contribution is 2.35. The van der Waals surface area contributed by atoms with Crippen molar-refractivity contribution < 1.29 is 4.74 Å². The van der Waals surface area contributed by atoms with Crippen molar-refractivity contribution in [3.63, 3.8) is 0 Å². The van der Waals surface area contributed by atoms with E-state index >= 15 is 0 Å². The van der Waals surface area contributed by atoms with Gasteiger partial charge in [0.15, 0.2) is 0 Å². The highest BCUT2D eigenvalue weighted by Gasteiger charge is 2.12. The number of halogens is 1. The van der Waals surface area contributed by atoms with E-state index in [1.807, 2.05) is 60.7 Å². The van der Waals surface area contributed by atoms with Gasteiger partial charge < -0.3 is 9.64 Å². The molecule has 0 N–H and O–H groups in total. The third kappa shape index (κ3) is 5.98. The molecule has 0 aliphatic rings. The van der Waals surface area contributed by atoms with Gasteiger partial charge in [0.2, 0.25) is 0 Å². The fraction of sp³-hybridized carbons (Fsp3) is 0.259. The van der Waals surface area contributed by atoms with Gasteiger partial charge in [-0.25, -0.2) is 0 Å². The maximum Gasteiger partial charge on any atom is 0.119 e. The largest absolute Gasteiger partial charge is 0.494 e. The summed E-state index contributed by atoms with van der Waals surface area (Å²) in [7, 11) is 0. The molecule has 2 nitrogen and oxygen atoms in total. The summed E-state index contributed by atoms with van der Waals surface area (Å²) in [5, 5.41) is 0.745. The van der Waals surface area contributed by atoms with E-state index in [1.54, 1.807) is 0 Å². The van der Waals surface area contributed by atoms with E-state index in [-0.39, 0.29) is 0 Å². The molecule has 3 rings (SSSR count). The maximum atomic E-state index is 6.88. The maximum absolute atomic E-state index is 6.88. The minimum absolute atomic E-state index is 0.724. The van der Waals surface area contributed by atoms with Gasteiger partial charge in [-0.2, -0.15) is 0 Å². The highest BCUT2D eigenvalue weighted by atomic mass is 35.5. The Morgan fingerprint density at radius 1 is 0.733 bits per heavy atom. The van der Waals surface area contributed by atoms with Gasteiger partial charge in [-0.1, -0.05) is 98.2 Å². The number of benzene rings is 3. The number of hydrogen-bond donors (Lipinski definition) is 0. The predicted octanol–water partition coefficient (Wildman–Crippen LogP) is 6.95. The van der Waals surface area contributed by atoms with Crippen LogP contribution in [0.2, 0.25) is 0 Å². The standard InChI is InChI=1S/C27H30ClNO/c1-3-29(4-2)20-11-21-30-25-18-16-23(17-19-25)26(22-12-7-5-8-13-22)27(28)24-14-9-6-10-15-24/h5-10,12-19H,3-4,11,20-21H2,1-2H3/b27-26-. The van der Waals surface area contributed by atoms with Crippen molar-refractivity contribution in [3.8, 4) is 5.75 Å². The lowest BCUT2D eigenvalue weighted by atomic mass is 9.95. The molecular weight excluding hydrogens is 390 g/mol. The van der Waals surface area contributed by atoms with Crippen LogP contribution >= 0.6 is 11.6 Å². The van der Waals surface area contributed by atoms with Gasteiger partial charge in [0, 0.05) is 12.1 Å². The predicted molar refractivity (Wildman–Crippen MR) is 129 cm³/mol. The Hall–Kier alpha value is -2.55. The molecule has 0 aliphatic carbocycles. The van der Waals surface area contributed by atoms with Crippen molar-refractivity contribution in [2.45, 2.75) is 20.3 Å². The molecule has 3 aromatic rings. The number of hydrogen-bond acceptors (Lipinski definition) is 2. The molecule has 0 saturated carbocycles. The molecule has 0 aliphatic heterocycles. The summed E-state index contributed by atoms with van der Waals surface area (Å²) in [6.07, 6.45) is 1.03. The molecule has 0 heterocycles. The van der Waals surface area contributed by atoms with Gasteiger partial charge in [0.05, 0.1) is 11.6 Å². The first-order valence-corrected chi connectivity index (χ1v) is 11.1. The molecule has 0 amide bonds. The second kappa shape index (κ2) is 11.6. The monoisotopic (exact) mass is 419 g/mol. The summed E-state index contributed by atoms with van der Waals surface area (Å²) >= 11 is 6.88. The average molecular weight is 420 g/mol. The molecule has 0 aromatic heterocycles. The third-order valence-corrected chi connectivity index (χ3v) is 5.64. The second-order valence-electron chi connectivity index (χ2n) is 7.17. The molecule has 0 spiro atoms. The van der Waals surface area contributed by atoms with E-state index in [4.69, 9.17) is 16.3 Å². The molecule has 0 atom stereocenters. The zero-order chi connectivity index (χ0) is 21.2. The van der Waals surface area contributed by atoms with E-state index < -0.39 is 0 Å². The number of nitrogens with zero attached hydrogens (tertiary/aromatic N) is 1. The lowest BCUT2D eigenvalue weighted by Crippen LogP contribution is -2.25. The van der Waals surface area contributed by atoms with Crippen LogP contribution in [0.3, 0.4) is 0 Å². The molecule has 30 heavy (non-hydrogen) atoms. The van der Waals surface area contributed by atoms with Crippen molar-refractivity contribution in [1.82, 2.24) is 4.90 Å². The molecule has 3 aromatic carbocycles. The normalized spacial score (nSPS) is 12.0. The Balaban J connectivity index is 1.79. The van der Waals surface area contributed by atoms with E-state index in [0.29, 0.717) is 0 Å². The van der Waals surface area contributed by atoms with Crippen molar-refractivity contribution in [2.24, 2.45) is 0 Å². The Bertz CT molecular complexity index is 916. The Morgan fingerprint density at radius 2 is 1.27 bits per heavy atom. The third-order valence-electron chi connectivity index (χ3n) is 5.23. The van der Waals surface area contributed by atoms with Gasteiger partial charge in [-0.3, -0.25) is 0 Å². The van der Waals surface area contributed by atoms with Gasteiger partial charge in [0.1, 0.15) is 5.75 Å². The lowest BCUT2D eigenvalue weighted by Gasteiger charge is -2.18. The minimum Gasteiger partial charge on any atom is -0.494 e. The zero-order valence-corrected chi connectivity index (χ0v) is 18.6. The first kappa shape index (κ1) is 22.1. The summed E-state index contributed by atoms with van der Waals surface area (Å²) in [5.74, 6) is 0.890. The summed E-state index contributed by atoms with van der Waals surface area (Å²) in [5.41, 5.74) is 4.20. The quantitative estimate of drug-likeness (QED) is 0.260. The summed E-state index contributed by atoms with van der Waals surface area (Å²) in [6.45, 7) is 8.35. The Labute approximate surface area is 185 Å². The van der Waals surface area contributed by atoms with Crippen LogP contribution in [-0.2, 0) is 0 Å². The Kier molecular flexibility index (Phi) is 8.55. The van der Waals surface area contributed by atoms with Gasteiger partial charge in [-0.05, 0) is 48.3 Å². The Morgan fingerprint density at radius 3 is 1.83 bits per heavy atom. The van der Waals surface area contributed by atoms with Crippen molar-refractivity contribution >= 4 is 22.2 Å². The molecule has 156 valence electrons. The molecule has 0 saturated heterocycles.